The van der Waals surface area contributed by atoms with E-state index in [2.05, 4.69) is 5.10 Å². The first-order valence-corrected chi connectivity index (χ1v) is 5.77. The average molecular weight is 284 g/mol. The summed E-state index contributed by atoms with van der Waals surface area (Å²) in [7, 11) is 0. The van der Waals surface area contributed by atoms with Crippen molar-refractivity contribution in [2.24, 2.45) is 0 Å². The molecule has 0 atom stereocenters. The Morgan fingerprint density at radius 3 is 2.75 bits per heavy atom. The lowest BCUT2D eigenvalue weighted by atomic mass is 10.1. The van der Waals surface area contributed by atoms with Crippen LogP contribution in [0.4, 0.5) is 13.2 Å². The van der Waals surface area contributed by atoms with Gasteiger partial charge in [0.25, 0.3) is 0 Å². The Morgan fingerprint density at radius 2 is 2.15 bits per heavy atom. The first kappa shape index (κ1) is 14.1. The van der Waals surface area contributed by atoms with Crippen LogP contribution in [-0.4, -0.2) is 22.7 Å². The van der Waals surface area contributed by atoms with E-state index < -0.39 is 11.7 Å². The Bertz CT molecular complexity index is 580. The number of ether oxygens (including phenoxy) is 1. The summed E-state index contributed by atoms with van der Waals surface area (Å²) < 4.78 is 45.2. The van der Waals surface area contributed by atoms with Crippen LogP contribution in [0.2, 0.25) is 0 Å². The third kappa shape index (κ3) is 3.37. The number of rotatable bonds is 5. The van der Waals surface area contributed by atoms with Gasteiger partial charge in [-0.2, -0.15) is 18.3 Å². The number of alkyl halides is 3. The van der Waals surface area contributed by atoms with Gasteiger partial charge in [0, 0.05) is 18.0 Å². The Hall–Kier alpha value is -2.31. The van der Waals surface area contributed by atoms with Crippen LogP contribution in [0.25, 0.3) is 0 Å². The van der Waals surface area contributed by atoms with Gasteiger partial charge in [-0.1, -0.05) is 0 Å². The number of hydrogen-bond acceptors (Lipinski definition) is 3. The van der Waals surface area contributed by atoms with Gasteiger partial charge in [-0.3, -0.25) is 9.48 Å². The van der Waals surface area contributed by atoms with Gasteiger partial charge in [0.05, 0.1) is 12.1 Å². The van der Waals surface area contributed by atoms with Crippen LogP contribution in [0.5, 0.6) is 5.75 Å². The van der Waals surface area contributed by atoms with Crippen LogP contribution >= 0.6 is 0 Å². The van der Waals surface area contributed by atoms with E-state index >= 15 is 0 Å². The van der Waals surface area contributed by atoms with E-state index in [0.717, 1.165) is 12.1 Å². The number of aromatic nitrogens is 2. The number of benzene rings is 1. The summed E-state index contributed by atoms with van der Waals surface area (Å²) in [4.78, 5) is 10.5. The van der Waals surface area contributed by atoms with E-state index in [1.165, 1.54) is 6.07 Å². The molecule has 20 heavy (non-hydrogen) atoms. The van der Waals surface area contributed by atoms with E-state index in [9.17, 15) is 18.0 Å². The molecule has 106 valence electrons. The summed E-state index contributed by atoms with van der Waals surface area (Å²) in [6.07, 6.45) is -0.952. The van der Waals surface area contributed by atoms with Crippen molar-refractivity contribution in [2.45, 2.75) is 12.7 Å². The van der Waals surface area contributed by atoms with Gasteiger partial charge in [0.2, 0.25) is 0 Å². The molecule has 1 aromatic carbocycles. The summed E-state index contributed by atoms with van der Waals surface area (Å²) >= 11 is 0. The molecule has 0 saturated heterocycles. The summed E-state index contributed by atoms with van der Waals surface area (Å²) in [6, 6.07) is 4.91. The summed E-state index contributed by atoms with van der Waals surface area (Å²) in [5.74, 6) is -0.296. The zero-order chi connectivity index (χ0) is 14.6. The van der Waals surface area contributed by atoms with Crippen molar-refractivity contribution >= 4 is 6.29 Å². The smallest absolute Gasteiger partial charge is 0.419 e. The lowest BCUT2D eigenvalue weighted by molar-refractivity contribution is -0.139. The molecule has 0 bridgehead atoms. The minimum absolute atomic E-state index is 0.0447. The molecule has 0 aliphatic heterocycles. The van der Waals surface area contributed by atoms with Gasteiger partial charge < -0.3 is 4.74 Å². The van der Waals surface area contributed by atoms with E-state index in [0.29, 0.717) is 12.8 Å². The second kappa shape index (κ2) is 5.77. The van der Waals surface area contributed by atoms with Crippen molar-refractivity contribution in [3.63, 3.8) is 0 Å². The molecule has 0 unspecified atom stereocenters. The normalized spacial score (nSPS) is 11.3. The van der Waals surface area contributed by atoms with Crippen molar-refractivity contribution in [2.75, 3.05) is 6.61 Å². The molecule has 0 spiro atoms. The van der Waals surface area contributed by atoms with Gasteiger partial charge >= 0.3 is 6.18 Å². The quantitative estimate of drug-likeness (QED) is 0.793. The molecule has 0 aliphatic rings. The predicted molar refractivity (Wildman–Crippen MR) is 64.6 cm³/mol. The average Bonchev–Trinajstić information content (AvgIpc) is 2.91. The maximum absolute atomic E-state index is 12.9. The fourth-order valence-electron chi connectivity index (χ4n) is 1.65. The molecule has 0 saturated carbocycles. The second-order valence-corrected chi connectivity index (χ2v) is 3.99. The van der Waals surface area contributed by atoms with Gasteiger partial charge in [0.1, 0.15) is 18.6 Å². The maximum atomic E-state index is 12.9. The first-order chi connectivity index (χ1) is 9.50. The van der Waals surface area contributed by atoms with Crippen molar-refractivity contribution in [3.05, 3.63) is 47.8 Å². The number of nitrogens with zero attached hydrogens (tertiary/aromatic N) is 2. The fraction of sp³-hybridized carbons (Fsp3) is 0.231. The molecule has 1 aromatic heterocycles. The number of carbonyl (C=O) groups excluding carboxylic acids is 1. The van der Waals surface area contributed by atoms with E-state index in [-0.39, 0.29) is 17.9 Å². The second-order valence-electron chi connectivity index (χ2n) is 3.99. The van der Waals surface area contributed by atoms with Crippen LogP contribution < -0.4 is 4.74 Å². The molecule has 2 rings (SSSR count). The number of halogens is 3. The zero-order valence-electron chi connectivity index (χ0n) is 10.3. The van der Waals surface area contributed by atoms with E-state index in [1.807, 2.05) is 0 Å². The molecule has 0 fully saturated rings. The minimum Gasteiger partial charge on any atom is -0.491 e. The van der Waals surface area contributed by atoms with Crippen molar-refractivity contribution in [1.82, 2.24) is 9.78 Å². The van der Waals surface area contributed by atoms with Crippen LogP contribution in [0.1, 0.15) is 15.9 Å². The SMILES string of the molecule is O=Cc1ccc(OCCn2cccn2)c(C(F)(F)F)c1. The molecular formula is C13H11F3N2O2. The van der Waals surface area contributed by atoms with Crippen molar-refractivity contribution in [1.29, 1.82) is 0 Å². The van der Waals surface area contributed by atoms with Gasteiger partial charge in [-0.25, -0.2) is 0 Å². The van der Waals surface area contributed by atoms with Crippen molar-refractivity contribution < 1.29 is 22.7 Å². The Balaban J connectivity index is 2.12. The highest BCUT2D eigenvalue weighted by molar-refractivity contribution is 5.75. The van der Waals surface area contributed by atoms with E-state index in [1.54, 1.807) is 23.1 Å². The van der Waals surface area contributed by atoms with Gasteiger partial charge in [0.15, 0.2) is 0 Å². The molecule has 4 nitrogen and oxygen atoms in total. The highest BCUT2D eigenvalue weighted by Crippen LogP contribution is 2.36. The molecule has 2 aromatic rings. The summed E-state index contributed by atoms with van der Waals surface area (Å²) in [6.45, 7) is 0.380. The number of carbonyl (C=O) groups is 1. The lowest BCUT2D eigenvalue weighted by Gasteiger charge is -2.14. The van der Waals surface area contributed by atoms with Gasteiger partial charge in [-0.05, 0) is 24.3 Å². The standard InChI is InChI=1S/C13H11F3N2O2/c14-13(15,16)11-8-10(9-19)2-3-12(11)20-7-6-18-5-1-4-17-18/h1-5,8-9H,6-7H2. The number of hydrogen-bond donors (Lipinski definition) is 0. The molecule has 0 amide bonds. The van der Waals surface area contributed by atoms with Crippen LogP contribution in [0.15, 0.2) is 36.7 Å². The first-order valence-electron chi connectivity index (χ1n) is 5.77. The Labute approximate surface area is 112 Å². The topological polar surface area (TPSA) is 44.1 Å². The molecular weight excluding hydrogens is 273 g/mol. The monoisotopic (exact) mass is 284 g/mol. The lowest BCUT2D eigenvalue weighted by Crippen LogP contribution is -2.13. The Morgan fingerprint density at radius 1 is 1.35 bits per heavy atom. The predicted octanol–water partition coefficient (Wildman–Crippen LogP) is 2.79. The van der Waals surface area contributed by atoms with Crippen LogP contribution in [0, 0.1) is 0 Å². The number of aldehydes is 1. The molecule has 0 N–H and O–H groups in total. The van der Waals surface area contributed by atoms with Gasteiger partial charge in [-0.15, -0.1) is 0 Å². The van der Waals surface area contributed by atoms with Crippen LogP contribution in [0.3, 0.4) is 0 Å². The molecule has 0 radical (unpaired) electrons. The third-order valence-electron chi connectivity index (χ3n) is 2.58. The maximum Gasteiger partial charge on any atom is 0.419 e. The Kier molecular flexibility index (Phi) is 4.07. The molecule has 1 heterocycles. The molecule has 0 aliphatic carbocycles. The summed E-state index contributed by atoms with van der Waals surface area (Å²) in [5.41, 5.74) is -1.00. The highest BCUT2D eigenvalue weighted by atomic mass is 19.4. The molecule has 7 heteroatoms. The third-order valence-corrected chi connectivity index (χ3v) is 2.58. The summed E-state index contributed by atoms with van der Waals surface area (Å²) in [5, 5.41) is 3.91. The highest BCUT2D eigenvalue weighted by Gasteiger charge is 2.34. The largest absolute Gasteiger partial charge is 0.491 e. The van der Waals surface area contributed by atoms with Crippen molar-refractivity contribution in [3.8, 4) is 5.75 Å². The van der Waals surface area contributed by atoms with E-state index in [4.69, 9.17) is 4.74 Å². The minimum atomic E-state index is -4.57. The van der Waals surface area contributed by atoms with Crippen LogP contribution in [-0.2, 0) is 12.7 Å². The zero-order valence-corrected chi connectivity index (χ0v) is 10.3. The fourth-order valence-corrected chi connectivity index (χ4v) is 1.65.